The van der Waals surface area contributed by atoms with Crippen molar-refractivity contribution in [2.24, 2.45) is 11.8 Å². The molecule has 2 atom stereocenters. The summed E-state index contributed by atoms with van der Waals surface area (Å²) in [6, 6.07) is 0. The predicted molar refractivity (Wildman–Crippen MR) is 71.2 cm³/mol. The first-order valence-corrected chi connectivity index (χ1v) is 6.71. The zero-order valence-electron chi connectivity index (χ0n) is 11.9. The first kappa shape index (κ1) is 16.4. The van der Waals surface area contributed by atoms with Gasteiger partial charge in [0.05, 0.1) is 19.6 Å². The smallest absolute Gasteiger partial charge is 0.317 e. The summed E-state index contributed by atoms with van der Waals surface area (Å²) in [6.45, 7) is 4.38. The van der Waals surface area contributed by atoms with E-state index in [9.17, 15) is 14.4 Å². The highest BCUT2D eigenvalue weighted by atomic mass is 16.4. The van der Waals surface area contributed by atoms with Gasteiger partial charge in [-0.25, -0.2) is 0 Å². The number of rotatable bonds is 6. The number of carbonyl (C=O) groups excluding carboxylic acids is 1. The SMILES string of the molecule is CC1CC(C)CN(C(=O)CN(CC(=O)O)CC(=O)O)C1. The number of carboxylic acids is 2. The summed E-state index contributed by atoms with van der Waals surface area (Å²) in [5.74, 6) is -1.66. The van der Waals surface area contributed by atoms with Crippen molar-refractivity contribution in [3.05, 3.63) is 0 Å². The summed E-state index contributed by atoms with van der Waals surface area (Å²) < 4.78 is 0. The molecule has 20 heavy (non-hydrogen) atoms. The van der Waals surface area contributed by atoms with Gasteiger partial charge in [0.1, 0.15) is 0 Å². The Bertz CT molecular complexity index is 359. The molecule has 0 saturated carbocycles. The van der Waals surface area contributed by atoms with E-state index in [1.54, 1.807) is 4.90 Å². The van der Waals surface area contributed by atoms with E-state index in [1.807, 2.05) is 0 Å². The number of amides is 1. The summed E-state index contributed by atoms with van der Waals surface area (Å²) >= 11 is 0. The minimum absolute atomic E-state index is 0.169. The molecule has 0 aromatic heterocycles. The molecule has 0 spiro atoms. The molecule has 1 fully saturated rings. The number of hydrogen-bond donors (Lipinski definition) is 2. The summed E-state index contributed by atoms with van der Waals surface area (Å²) in [5, 5.41) is 17.5. The molecule has 1 aliphatic rings. The zero-order valence-corrected chi connectivity index (χ0v) is 11.9. The van der Waals surface area contributed by atoms with Crippen LogP contribution in [-0.2, 0) is 14.4 Å². The second-order valence-electron chi connectivity index (χ2n) is 5.68. The van der Waals surface area contributed by atoms with Crippen molar-refractivity contribution < 1.29 is 24.6 Å². The van der Waals surface area contributed by atoms with Crippen molar-refractivity contribution in [3.8, 4) is 0 Å². The number of piperidine rings is 1. The molecule has 0 aliphatic carbocycles. The quantitative estimate of drug-likeness (QED) is 0.711. The minimum atomic E-state index is -1.14. The fourth-order valence-electron chi connectivity index (χ4n) is 2.71. The Balaban J connectivity index is 2.59. The molecule has 2 N–H and O–H groups in total. The fraction of sp³-hybridized carbons (Fsp3) is 0.769. The first-order valence-electron chi connectivity index (χ1n) is 6.71. The highest BCUT2D eigenvalue weighted by Crippen LogP contribution is 2.20. The van der Waals surface area contributed by atoms with Crippen LogP contribution in [0.5, 0.6) is 0 Å². The second-order valence-corrected chi connectivity index (χ2v) is 5.68. The molecule has 1 heterocycles. The molecule has 1 amide bonds. The van der Waals surface area contributed by atoms with Gasteiger partial charge in [-0.1, -0.05) is 13.8 Å². The fourth-order valence-corrected chi connectivity index (χ4v) is 2.71. The Morgan fingerprint density at radius 1 is 1.00 bits per heavy atom. The van der Waals surface area contributed by atoms with Gasteiger partial charge in [-0.15, -0.1) is 0 Å². The third-order valence-corrected chi connectivity index (χ3v) is 3.30. The maximum Gasteiger partial charge on any atom is 0.317 e. The Hall–Kier alpha value is -1.63. The van der Waals surface area contributed by atoms with Crippen LogP contribution in [0.2, 0.25) is 0 Å². The summed E-state index contributed by atoms with van der Waals surface area (Å²) in [5.41, 5.74) is 0. The van der Waals surface area contributed by atoms with Gasteiger partial charge in [0, 0.05) is 13.1 Å². The van der Waals surface area contributed by atoms with Crippen molar-refractivity contribution in [1.29, 1.82) is 0 Å². The van der Waals surface area contributed by atoms with E-state index >= 15 is 0 Å². The van der Waals surface area contributed by atoms with Gasteiger partial charge < -0.3 is 15.1 Å². The van der Waals surface area contributed by atoms with Crippen LogP contribution < -0.4 is 0 Å². The number of carbonyl (C=O) groups is 3. The Morgan fingerprint density at radius 2 is 1.45 bits per heavy atom. The van der Waals surface area contributed by atoms with Gasteiger partial charge in [0.25, 0.3) is 0 Å². The van der Waals surface area contributed by atoms with Crippen molar-refractivity contribution in [2.75, 3.05) is 32.7 Å². The average molecular weight is 286 g/mol. The first-order chi connectivity index (χ1) is 9.27. The molecule has 1 rings (SSSR count). The van der Waals surface area contributed by atoms with E-state index in [2.05, 4.69) is 13.8 Å². The molecule has 2 unspecified atom stereocenters. The molecule has 114 valence electrons. The van der Waals surface area contributed by atoms with Gasteiger partial charge in [-0.05, 0) is 18.3 Å². The van der Waals surface area contributed by atoms with Gasteiger partial charge in [-0.3, -0.25) is 19.3 Å². The average Bonchev–Trinajstić information content (AvgIpc) is 2.25. The standard InChI is InChI=1S/C13H22N2O5/c1-9-3-10(2)5-15(4-9)11(16)6-14(7-12(17)18)8-13(19)20/h9-10H,3-8H2,1-2H3,(H,17,18)(H,19,20). The van der Waals surface area contributed by atoms with Crippen LogP contribution in [0.15, 0.2) is 0 Å². The van der Waals surface area contributed by atoms with E-state index in [0.717, 1.165) is 11.3 Å². The number of carboxylic acid groups (broad SMARTS) is 2. The highest BCUT2D eigenvalue weighted by Gasteiger charge is 2.27. The predicted octanol–water partition coefficient (Wildman–Crippen LogP) is -0.0379. The molecule has 0 aromatic rings. The summed E-state index contributed by atoms with van der Waals surface area (Å²) in [7, 11) is 0. The van der Waals surface area contributed by atoms with Crippen LogP contribution in [0.1, 0.15) is 20.3 Å². The molecular formula is C13H22N2O5. The lowest BCUT2D eigenvalue weighted by molar-refractivity contribution is -0.143. The lowest BCUT2D eigenvalue weighted by Crippen LogP contribution is -2.48. The Morgan fingerprint density at radius 3 is 1.85 bits per heavy atom. The Kier molecular flexibility index (Phi) is 5.94. The van der Waals surface area contributed by atoms with Crippen molar-refractivity contribution in [3.63, 3.8) is 0 Å². The van der Waals surface area contributed by atoms with Gasteiger partial charge in [0.15, 0.2) is 0 Å². The zero-order chi connectivity index (χ0) is 15.3. The van der Waals surface area contributed by atoms with Crippen LogP contribution in [0.4, 0.5) is 0 Å². The lowest BCUT2D eigenvalue weighted by atomic mass is 9.92. The highest BCUT2D eigenvalue weighted by molar-refractivity contribution is 5.80. The van der Waals surface area contributed by atoms with E-state index < -0.39 is 25.0 Å². The van der Waals surface area contributed by atoms with Gasteiger partial charge in [-0.2, -0.15) is 0 Å². The molecular weight excluding hydrogens is 264 g/mol. The normalized spacial score (nSPS) is 22.9. The molecule has 1 saturated heterocycles. The second kappa shape index (κ2) is 7.23. The third-order valence-electron chi connectivity index (χ3n) is 3.30. The number of nitrogens with zero attached hydrogens (tertiary/aromatic N) is 2. The van der Waals surface area contributed by atoms with Crippen LogP contribution in [-0.4, -0.2) is 70.6 Å². The molecule has 1 aliphatic heterocycles. The number of likely N-dealkylation sites (tertiary alicyclic amines) is 1. The van der Waals surface area contributed by atoms with Crippen LogP contribution in [0, 0.1) is 11.8 Å². The maximum atomic E-state index is 12.2. The van der Waals surface area contributed by atoms with Gasteiger partial charge >= 0.3 is 11.9 Å². The van der Waals surface area contributed by atoms with E-state index in [1.165, 1.54) is 0 Å². The molecule has 7 heteroatoms. The molecule has 0 aromatic carbocycles. The number of aliphatic carboxylic acids is 2. The largest absolute Gasteiger partial charge is 0.480 e. The van der Waals surface area contributed by atoms with Crippen LogP contribution >= 0.6 is 0 Å². The van der Waals surface area contributed by atoms with E-state index in [-0.39, 0.29) is 12.5 Å². The van der Waals surface area contributed by atoms with Crippen molar-refractivity contribution in [1.82, 2.24) is 9.80 Å². The maximum absolute atomic E-state index is 12.2. The van der Waals surface area contributed by atoms with Crippen molar-refractivity contribution in [2.45, 2.75) is 20.3 Å². The van der Waals surface area contributed by atoms with Gasteiger partial charge in [0.2, 0.25) is 5.91 Å². The van der Waals surface area contributed by atoms with Crippen LogP contribution in [0.3, 0.4) is 0 Å². The summed E-state index contributed by atoms with van der Waals surface area (Å²) in [6.07, 6.45) is 1.07. The van der Waals surface area contributed by atoms with E-state index in [4.69, 9.17) is 10.2 Å². The van der Waals surface area contributed by atoms with Crippen molar-refractivity contribution >= 4 is 17.8 Å². The minimum Gasteiger partial charge on any atom is -0.480 e. The molecule has 0 radical (unpaired) electrons. The molecule has 7 nitrogen and oxygen atoms in total. The van der Waals surface area contributed by atoms with Crippen LogP contribution in [0.25, 0.3) is 0 Å². The lowest BCUT2D eigenvalue weighted by Gasteiger charge is -2.36. The molecule has 0 bridgehead atoms. The Labute approximate surface area is 118 Å². The van der Waals surface area contributed by atoms with E-state index in [0.29, 0.717) is 24.9 Å². The number of hydrogen-bond acceptors (Lipinski definition) is 4. The third kappa shape index (κ3) is 5.56. The topological polar surface area (TPSA) is 98.2 Å². The monoisotopic (exact) mass is 286 g/mol. The summed E-state index contributed by atoms with van der Waals surface area (Å²) in [4.78, 5) is 36.4.